The highest BCUT2D eigenvalue weighted by Gasteiger charge is 2.28. The lowest BCUT2D eigenvalue weighted by Crippen LogP contribution is -2.05. The number of H-pyrrole nitrogens is 1. The van der Waals surface area contributed by atoms with Gasteiger partial charge in [0.15, 0.2) is 0 Å². The average Bonchev–Trinajstić information content (AvgIpc) is 3.45. The first-order valence-electron chi connectivity index (χ1n) is 12.9. The Bertz CT molecular complexity index is 1780. The largest absolute Gasteiger partial charge is 0.357 e. The molecular weight excluding hydrogens is 412 g/mol. The maximum Gasteiger partial charge on any atom is 0.0554 e. The van der Waals surface area contributed by atoms with Crippen LogP contribution in [0.4, 0.5) is 0 Å². The molecule has 0 amide bonds. The first kappa shape index (κ1) is 18.9. The topological polar surface area (TPSA) is 20.7 Å². The number of aromatic nitrogens is 2. The minimum atomic E-state index is 0.998. The molecule has 5 aromatic rings. The fourth-order valence-corrected chi connectivity index (χ4v) is 7.17. The van der Waals surface area contributed by atoms with Crippen LogP contribution in [0.15, 0.2) is 42.5 Å². The zero-order valence-corrected chi connectivity index (χ0v) is 19.7. The third-order valence-corrected chi connectivity index (χ3v) is 8.47. The molecule has 0 radical (unpaired) electrons. The van der Waals surface area contributed by atoms with Crippen molar-refractivity contribution in [2.24, 2.45) is 0 Å². The Morgan fingerprint density at radius 2 is 1.44 bits per heavy atom. The fraction of sp³-hybridized carbons (Fsp3) is 0.250. The Morgan fingerprint density at radius 3 is 2.26 bits per heavy atom. The molecule has 0 atom stereocenters. The number of para-hydroxylation sites is 1. The molecule has 2 heterocycles. The molecule has 2 nitrogen and oxygen atoms in total. The van der Waals surface area contributed by atoms with Crippen LogP contribution in [0.1, 0.15) is 59.7 Å². The van der Waals surface area contributed by atoms with Gasteiger partial charge in [0.2, 0.25) is 0 Å². The molecule has 2 heteroatoms. The maximum absolute atomic E-state index is 3.97. The summed E-state index contributed by atoms with van der Waals surface area (Å²) in [5.41, 5.74) is 13.0. The average molecular weight is 441 g/mol. The van der Waals surface area contributed by atoms with E-state index in [4.69, 9.17) is 0 Å². The molecule has 0 fully saturated rings. The number of fused-ring (bicyclic) bond motifs is 15. The number of aryl methyl sites for hydroxylation is 4. The van der Waals surface area contributed by atoms with Crippen LogP contribution in [-0.2, 0) is 25.8 Å². The molecule has 0 unspecified atom stereocenters. The molecule has 3 aromatic carbocycles. The summed E-state index contributed by atoms with van der Waals surface area (Å²) in [5, 5.41) is 7.30. The number of nitrogens with one attached hydrogen (secondary N) is 1. The first-order valence-corrected chi connectivity index (χ1v) is 12.9. The van der Waals surface area contributed by atoms with Gasteiger partial charge in [-0.05, 0) is 79.2 Å². The standard InChI is InChI=1S/C32H28N2/c1-2-34-26-18-10-8-16-24(26)30-28-20-12-4-3-11-19(20)27-23-15-7-9-17-25(23)33-31(27)29(28)21-13-5-6-14-22(21)32(30)34/h3,5,7-8,10-11,13,15-16,18,33H,2,4,6,9,12,14,17H2,1H3. The van der Waals surface area contributed by atoms with Crippen LogP contribution in [0.2, 0.25) is 0 Å². The van der Waals surface area contributed by atoms with Crippen LogP contribution < -0.4 is 0 Å². The smallest absolute Gasteiger partial charge is 0.0554 e. The summed E-state index contributed by atoms with van der Waals surface area (Å²) in [6.07, 6.45) is 21.1. The van der Waals surface area contributed by atoms with Gasteiger partial charge in [-0.25, -0.2) is 0 Å². The lowest BCUT2D eigenvalue weighted by molar-refractivity contribution is 0.819. The molecule has 34 heavy (non-hydrogen) atoms. The van der Waals surface area contributed by atoms with E-state index in [1.807, 2.05) is 0 Å². The Kier molecular flexibility index (Phi) is 3.75. The number of hydrogen-bond donors (Lipinski definition) is 1. The Labute approximate surface area is 199 Å². The highest BCUT2D eigenvalue weighted by molar-refractivity contribution is 6.30. The molecule has 3 aliphatic carbocycles. The summed E-state index contributed by atoms with van der Waals surface area (Å²) in [4.78, 5) is 3.97. The number of nitrogens with zero attached hydrogens (tertiary/aromatic N) is 1. The molecular formula is C32H28N2. The molecule has 166 valence electrons. The lowest BCUT2D eigenvalue weighted by Gasteiger charge is -2.23. The van der Waals surface area contributed by atoms with E-state index < -0.39 is 0 Å². The predicted molar refractivity (Wildman–Crippen MR) is 147 cm³/mol. The summed E-state index contributed by atoms with van der Waals surface area (Å²) in [6.45, 7) is 3.30. The van der Waals surface area contributed by atoms with Crippen LogP contribution in [0.3, 0.4) is 0 Å². The molecule has 0 saturated carbocycles. The van der Waals surface area contributed by atoms with E-state index in [0.717, 1.165) is 45.1 Å². The van der Waals surface area contributed by atoms with Gasteiger partial charge in [-0.2, -0.15) is 0 Å². The van der Waals surface area contributed by atoms with E-state index in [0.29, 0.717) is 0 Å². The molecule has 0 spiro atoms. The SMILES string of the molecule is CCn1c2ccccc2c2c3c4c(c5c6c([nH]c5c3c3c(c21)CCC=C3)CCC=C6)C=CCC4. The van der Waals surface area contributed by atoms with E-state index in [9.17, 15) is 0 Å². The van der Waals surface area contributed by atoms with Gasteiger partial charge in [0.05, 0.1) is 11.0 Å². The number of hydrogen-bond acceptors (Lipinski definition) is 0. The third kappa shape index (κ3) is 2.22. The van der Waals surface area contributed by atoms with Crippen LogP contribution >= 0.6 is 0 Å². The normalized spacial score (nSPS) is 16.6. The predicted octanol–water partition coefficient (Wildman–Crippen LogP) is 8.33. The second-order valence-corrected chi connectivity index (χ2v) is 10.1. The lowest BCUT2D eigenvalue weighted by atomic mass is 9.81. The van der Waals surface area contributed by atoms with Crippen LogP contribution in [0.25, 0.3) is 61.7 Å². The van der Waals surface area contributed by atoms with Gasteiger partial charge in [0.1, 0.15) is 0 Å². The van der Waals surface area contributed by atoms with Crippen molar-refractivity contribution in [3.8, 4) is 0 Å². The van der Waals surface area contributed by atoms with Gasteiger partial charge in [0, 0.05) is 44.9 Å². The van der Waals surface area contributed by atoms with Crippen molar-refractivity contribution >= 4 is 61.7 Å². The maximum atomic E-state index is 3.97. The van der Waals surface area contributed by atoms with Crippen molar-refractivity contribution in [3.05, 3.63) is 76.0 Å². The van der Waals surface area contributed by atoms with Crippen molar-refractivity contribution < 1.29 is 0 Å². The summed E-state index contributed by atoms with van der Waals surface area (Å²) in [6, 6.07) is 9.09. The van der Waals surface area contributed by atoms with Gasteiger partial charge in [-0.1, -0.05) is 54.7 Å². The van der Waals surface area contributed by atoms with E-state index in [2.05, 4.69) is 77.2 Å². The second kappa shape index (κ2) is 6.76. The van der Waals surface area contributed by atoms with Crippen molar-refractivity contribution in [1.82, 2.24) is 9.55 Å². The molecule has 0 saturated heterocycles. The van der Waals surface area contributed by atoms with E-state index in [1.54, 1.807) is 11.1 Å². The van der Waals surface area contributed by atoms with Crippen LogP contribution in [-0.4, -0.2) is 9.55 Å². The van der Waals surface area contributed by atoms with Crippen molar-refractivity contribution in [3.63, 3.8) is 0 Å². The Hall–Kier alpha value is -3.52. The van der Waals surface area contributed by atoms with Crippen LogP contribution in [0.5, 0.6) is 0 Å². The summed E-state index contributed by atoms with van der Waals surface area (Å²) in [7, 11) is 0. The number of rotatable bonds is 1. The summed E-state index contributed by atoms with van der Waals surface area (Å²) >= 11 is 0. The number of allylic oxidation sites excluding steroid dienone is 3. The monoisotopic (exact) mass is 440 g/mol. The minimum Gasteiger partial charge on any atom is -0.357 e. The zero-order chi connectivity index (χ0) is 22.4. The summed E-state index contributed by atoms with van der Waals surface area (Å²) in [5.74, 6) is 0. The van der Waals surface area contributed by atoms with E-state index in [-0.39, 0.29) is 0 Å². The van der Waals surface area contributed by atoms with Crippen molar-refractivity contribution in [1.29, 1.82) is 0 Å². The molecule has 0 aliphatic heterocycles. The second-order valence-electron chi connectivity index (χ2n) is 10.1. The zero-order valence-electron chi connectivity index (χ0n) is 19.7. The third-order valence-electron chi connectivity index (χ3n) is 8.47. The Morgan fingerprint density at radius 1 is 0.735 bits per heavy atom. The molecule has 3 aliphatic rings. The highest BCUT2D eigenvalue weighted by atomic mass is 15.0. The molecule has 0 bridgehead atoms. The highest BCUT2D eigenvalue weighted by Crippen LogP contribution is 2.49. The minimum absolute atomic E-state index is 0.998. The van der Waals surface area contributed by atoms with E-state index in [1.165, 1.54) is 65.9 Å². The van der Waals surface area contributed by atoms with Crippen molar-refractivity contribution in [2.45, 2.75) is 52.0 Å². The molecule has 1 N–H and O–H groups in total. The van der Waals surface area contributed by atoms with Crippen LogP contribution in [0, 0.1) is 0 Å². The quantitative estimate of drug-likeness (QED) is 0.270. The molecule has 8 rings (SSSR count). The fourth-order valence-electron chi connectivity index (χ4n) is 7.17. The van der Waals surface area contributed by atoms with Gasteiger partial charge in [-0.3, -0.25) is 0 Å². The van der Waals surface area contributed by atoms with Crippen molar-refractivity contribution in [2.75, 3.05) is 0 Å². The van der Waals surface area contributed by atoms with E-state index >= 15 is 0 Å². The van der Waals surface area contributed by atoms with Gasteiger partial charge < -0.3 is 9.55 Å². The number of aromatic amines is 1. The summed E-state index contributed by atoms with van der Waals surface area (Å²) < 4.78 is 2.58. The van der Waals surface area contributed by atoms with Gasteiger partial charge in [0.25, 0.3) is 0 Å². The molecule has 2 aromatic heterocycles. The first-order chi connectivity index (χ1) is 16.9. The van der Waals surface area contributed by atoms with Gasteiger partial charge >= 0.3 is 0 Å². The Balaban J connectivity index is 1.75. The number of benzene rings is 3. The van der Waals surface area contributed by atoms with Gasteiger partial charge in [-0.15, -0.1) is 0 Å².